The maximum Gasteiger partial charge on any atom is 0.303 e. The van der Waals surface area contributed by atoms with Crippen LogP contribution in [0.1, 0.15) is 66.2 Å². The summed E-state index contributed by atoms with van der Waals surface area (Å²) >= 11 is 0. The number of hydrogen-bond donors (Lipinski definition) is 1. The summed E-state index contributed by atoms with van der Waals surface area (Å²) in [6, 6.07) is 1.17. The van der Waals surface area contributed by atoms with Crippen LogP contribution in [0.5, 0.6) is 0 Å². The fraction of sp³-hybridized carbons (Fsp3) is 0.938. The minimum Gasteiger partial charge on any atom is -0.481 e. The van der Waals surface area contributed by atoms with E-state index in [4.69, 9.17) is 5.11 Å². The fourth-order valence-electron chi connectivity index (χ4n) is 3.55. The van der Waals surface area contributed by atoms with E-state index in [1.165, 1.54) is 25.7 Å². The highest BCUT2D eigenvalue weighted by molar-refractivity contribution is 5.66. The van der Waals surface area contributed by atoms with E-state index < -0.39 is 5.97 Å². The molecule has 1 fully saturated rings. The van der Waals surface area contributed by atoms with Crippen LogP contribution in [-0.2, 0) is 4.79 Å². The zero-order valence-corrected chi connectivity index (χ0v) is 13.1. The molecule has 2 atom stereocenters. The Balaban J connectivity index is 2.64. The monoisotopic (exact) mass is 269 g/mol. The second-order valence-corrected chi connectivity index (χ2v) is 6.59. The zero-order valence-electron chi connectivity index (χ0n) is 13.1. The average Bonchev–Trinajstić information content (AvgIpc) is 2.34. The Labute approximate surface area is 118 Å². The van der Waals surface area contributed by atoms with Crippen LogP contribution in [0.3, 0.4) is 0 Å². The molecule has 112 valence electrons. The molecule has 0 aromatic rings. The van der Waals surface area contributed by atoms with E-state index in [9.17, 15) is 4.79 Å². The summed E-state index contributed by atoms with van der Waals surface area (Å²) in [5.41, 5.74) is 0. The van der Waals surface area contributed by atoms with Crippen molar-refractivity contribution in [2.24, 2.45) is 11.8 Å². The minimum absolute atomic E-state index is 0.294. The zero-order chi connectivity index (χ0) is 14.4. The molecule has 0 aromatic heterocycles. The third-order valence-electron chi connectivity index (χ3n) is 4.53. The Morgan fingerprint density at radius 3 is 2.37 bits per heavy atom. The molecule has 1 aliphatic carbocycles. The molecule has 3 nitrogen and oxygen atoms in total. The van der Waals surface area contributed by atoms with E-state index in [0.717, 1.165) is 24.8 Å². The molecule has 19 heavy (non-hydrogen) atoms. The molecule has 0 amide bonds. The van der Waals surface area contributed by atoms with E-state index in [1.807, 2.05) is 0 Å². The normalized spacial score (nSPS) is 24.4. The van der Waals surface area contributed by atoms with Crippen molar-refractivity contribution in [3.63, 3.8) is 0 Å². The van der Waals surface area contributed by atoms with Crippen molar-refractivity contribution in [1.29, 1.82) is 0 Å². The Bertz CT molecular complexity index is 276. The van der Waals surface area contributed by atoms with Crippen molar-refractivity contribution in [3.8, 4) is 0 Å². The van der Waals surface area contributed by atoms with Crippen molar-refractivity contribution in [1.82, 2.24) is 4.90 Å². The second-order valence-electron chi connectivity index (χ2n) is 6.59. The van der Waals surface area contributed by atoms with Crippen LogP contribution in [0.25, 0.3) is 0 Å². The number of carboxylic acid groups (broad SMARTS) is 1. The van der Waals surface area contributed by atoms with Gasteiger partial charge in [0.25, 0.3) is 0 Å². The predicted octanol–water partition coefficient (Wildman–Crippen LogP) is 3.78. The van der Waals surface area contributed by atoms with Crippen molar-refractivity contribution >= 4 is 5.97 Å². The average molecular weight is 269 g/mol. The van der Waals surface area contributed by atoms with Crippen LogP contribution in [-0.4, -0.2) is 34.6 Å². The fourth-order valence-corrected chi connectivity index (χ4v) is 3.55. The topological polar surface area (TPSA) is 40.5 Å². The summed E-state index contributed by atoms with van der Waals surface area (Å²) in [4.78, 5) is 13.2. The molecule has 0 heterocycles. The number of carbonyl (C=O) groups is 1. The van der Waals surface area contributed by atoms with Crippen LogP contribution < -0.4 is 0 Å². The number of aliphatic carboxylic acids is 1. The molecule has 0 radical (unpaired) electrons. The van der Waals surface area contributed by atoms with Crippen molar-refractivity contribution < 1.29 is 9.90 Å². The third kappa shape index (κ3) is 5.13. The summed E-state index contributed by atoms with van der Waals surface area (Å²) in [6.45, 7) is 10.1. The van der Waals surface area contributed by atoms with Crippen LogP contribution in [0.4, 0.5) is 0 Å². The molecule has 1 aliphatic rings. The van der Waals surface area contributed by atoms with E-state index in [0.29, 0.717) is 18.5 Å². The lowest BCUT2D eigenvalue weighted by Gasteiger charge is -2.44. The molecule has 0 aliphatic heterocycles. The van der Waals surface area contributed by atoms with Gasteiger partial charge in [-0.1, -0.05) is 26.7 Å². The maximum atomic E-state index is 10.7. The van der Waals surface area contributed by atoms with Gasteiger partial charge in [-0.05, 0) is 51.5 Å². The van der Waals surface area contributed by atoms with Gasteiger partial charge in [-0.2, -0.15) is 0 Å². The van der Waals surface area contributed by atoms with Gasteiger partial charge in [0.2, 0.25) is 0 Å². The van der Waals surface area contributed by atoms with E-state index in [1.54, 1.807) is 0 Å². The molecule has 3 heteroatoms. The Kier molecular flexibility index (Phi) is 6.84. The molecule has 2 unspecified atom stereocenters. The number of rotatable bonds is 7. The summed E-state index contributed by atoms with van der Waals surface area (Å²) in [6.07, 6.45) is 6.38. The van der Waals surface area contributed by atoms with Gasteiger partial charge in [0.15, 0.2) is 0 Å². The Morgan fingerprint density at radius 1 is 1.21 bits per heavy atom. The maximum absolute atomic E-state index is 10.7. The van der Waals surface area contributed by atoms with Gasteiger partial charge in [0.1, 0.15) is 0 Å². The van der Waals surface area contributed by atoms with E-state index >= 15 is 0 Å². The van der Waals surface area contributed by atoms with Crippen molar-refractivity contribution in [2.75, 3.05) is 6.54 Å². The highest BCUT2D eigenvalue weighted by atomic mass is 16.4. The highest BCUT2D eigenvalue weighted by Crippen LogP contribution is 2.34. The summed E-state index contributed by atoms with van der Waals surface area (Å²) in [7, 11) is 0. The van der Waals surface area contributed by atoms with Crippen LogP contribution >= 0.6 is 0 Å². The Morgan fingerprint density at radius 2 is 1.84 bits per heavy atom. The van der Waals surface area contributed by atoms with E-state index in [-0.39, 0.29) is 0 Å². The Hall–Kier alpha value is -0.570. The molecule has 0 aromatic carbocycles. The lowest BCUT2D eigenvalue weighted by atomic mass is 9.76. The summed E-state index contributed by atoms with van der Waals surface area (Å²) in [5.74, 6) is 0.833. The molecular weight excluding hydrogens is 238 g/mol. The number of hydrogen-bond acceptors (Lipinski definition) is 2. The number of nitrogens with zero attached hydrogens (tertiary/aromatic N) is 1. The first-order chi connectivity index (χ1) is 8.93. The SMILES string of the molecule is CC(C)C1CCCCC1N(CCCC(=O)O)C(C)C. The quantitative estimate of drug-likeness (QED) is 0.764. The number of carboxylic acids is 1. The highest BCUT2D eigenvalue weighted by Gasteiger charge is 2.32. The van der Waals surface area contributed by atoms with Crippen molar-refractivity contribution in [2.45, 2.75) is 78.3 Å². The molecule has 0 spiro atoms. The van der Waals surface area contributed by atoms with Gasteiger partial charge in [0.05, 0.1) is 0 Å². The van der Waals surface area contributed by atoms with Gasteiger partial charge >= 0.3 is 5.97 Å². The molecule has 0 bridgehead atoms. The van der Waals surface area contributed by atoms with Crippen molar-refractivity contribution in [3.05, 3.63) is 0 Å². The van der Waals surface area contributed by atoms with Gasteiger partial charge in [0, 0.05) is 18.5 Å². The molecule has 0 saturated heterocycles. The molecule has 1 saturated carbocycles. The minimum atomic E-state index is -0.673. The van der Waals surface area contributed by atoms with Gasteiger partial charge < -0.3 is 5.11 Å². The first-order valence-corrected chi connectivity index (χ1v) is 7.91. The standard InChI is InChI=1S/C16H31NO2/c1-12(2)14-8-5-6-9-15(14)17(13(3)4)11-7-10-16(18)19/h12-15H,5-11H2,1-4H3,(H,18,19). The summed E-state index contributed by atoms with van der Waals surface area (Å²) in [5, 5.41) is 8.80. The summed E-state index contributed by atoms with van der Waals surface area (Å²) < 4.78 is 0. The van der Waals surface area contributed by atoms with Gasteiger partial charge in [-0.25, -0.2) is 0 Å². The van der Waals surface area contributed by atoms with Crippen LogP contribution in [0.15, 0.2) is 0 Å². The molecule has 1 N–H and O–H groups in total. The predicted molar refractivity (Wildman–Crippen MR) is 79.3 cm³/mol. The van der Waals surface area contributed by atoms with E-state index in [2.05, 4.69) is 32.6 Å². The van der Waals surface area contributed by atoms with Gasteiger partial charge in [-0.3, -0.25) is 9.69 Å². The van der Waals surface area contributed by atoms with Crippen LogP contribution in [0, 0.1) is 11.8 Å². The smallest absolute Gasteiger partial charge is 0.303 e. The lowest BCUT2D eigenvalue weighted by Crippen LogP contribution is -2.48. The first kappa shape index (κ1) is 16.5. The lowest BCUT2D eigenvalue weighted by molar-refractivity contribution is -0.137. The molecule has 1 rings (SSSR count). The van der Waals surface area contributed by atoms with Gasteiger partial charge in [-0.15, -0.1) is 0 Å². The first-order valence-electron chi connectivity index (χ1n) is 7.91. The largest absolute Gasteiger partial charge is 0.481 e. The molecular formula is C16H31NO2. The van der Waals surface area contributed by atoms with Crippen LogP contribution in [0.2, 0.25) is 0 Å². The second kappa shape index (κ2) is 7.88. The third-order valence-corrected chi connectivity index (χ3v) is 4.53.